The second-order valence-electron chi connectivity index (χ2n) is 8.39. The van der Waals surface area contributed by atoms with Crippen molar-refractivity contribution in [2.75, 3.05) is 23.0 Å². The first-order valence-corrected chi connectivity index (χ1v) is 12.1. The van der Waals surface area contributed by atoms with E-state index in [9.17, 15) is 14.7 Å². The summed E-state index contributed by atoms with van der Waals surface area (Å²) in [4.78, 5) is 25.7. The number of amides is 2. The van der Waals surface area contributed by atoms with Crippen LogP contribution in [0, 0.1) is 0 Å². The highest BCUT2D eigenvalue weighted by atomic mass is 16.6. The SMILES string of the molecule is CCO[C@H](/C=C/C(=O)Nc1ccccc1N)[C@H](OC(=O)Nc1ccccc1)c1ccc(O)c2ccccc12. The molecule has 0 aliphatic carbocycles. The van der Waals surface area contributed by atoms with Gasteiger partial charge in [0.05, 0.1) is 11.4 Å². The number of rotatable bonds is 9. The van der Waals surface area contributed by atoms with Crippen molar-refractivity contribution in [2.45, 2.75) is 19.1 Å². The molecule has 0 spiro atoms. The molecule has 0 unspecified atom stereocenters. The van der Waals surface area contributed by atoms with Crippen molar-refractivity contribution in [3.8, 4) is 5.75 Å². The van der Waals surface area contributed by atoms with Crippen LogP contribution in [-0.2, 0) is 14.3 Å². The maximum Gasteiger partial charge on any atom is 0.412 e. The smallest absolute Gasteiger partial charge is 0.412 e. The Bertz CT molecular complexity index is 1440. The minimum absolute atomic E-state index is 0.0974. The molecule has 2 amide bonds. The van der Waals surface area contributed by atoms with Crippen molar-refractivity contribution in [1.82, 2.24) is 0 Å². The average molecular weight is 512 g/mol. The van der Waals surface area contributed by atoms with E-state index in [4.69, 9.17) is 15.2 Å². The lowest BCUT2D eigenvalue weighted by molar-refractivity contribution is -0.112. The zero-order valence-corrected chi connectivity index (χ0v) is 20.8. The van der Waals surface area contributed by atoms with E-state index in [-0.39, 0.29) is 5.75 Å². The molecule has 0 fully saturated rings. The van der Waals surface area contributed by atoms with E-state index in [1.807, 2.05) is 31.2 Å². The summed E-state index contributed by atoms with van der Waals surface area (Å²) < 4.78 is 11.9. The van der Waals surface area contributed by atoms with Crippen molar-refractivity contribution >= 4 is 39.8 Å². The molecule has 8 nitrogen and oxygen atoms in total. The monoisotopic (exact) mass is 511 g/mol. The summed E-state index contributed by atoms with van der Waals surface area (Å²) in [6, 6.07) is 26.3. The third kappa shape index (κ3) is 6.48. The number of carbonyl (C=O) groups is 2. The summed E-state index contributed by atoms with van der Waals surface area (Å²) >= 11 is 0. The molecule has 0 saturated carbocycles. The Balaban J connectivity index is 1.67. The van der Waals surface area contributed by atoms with Gasteiger partial charge in [-0.25, -0.2) is 4.79 Å². The van der Waals surface area contributed by atoms with Crippen LogP contribution in [0.5, 0.6) is 5.75 Å². The van der Waals surface area contributed by atoms with Crippen LogP contribution in [0.3, 0.4) is 0 Å². The number of nitrogen functional groups attached to an aromatic ring is 1. The lowest BCUT2D eigenvalue weighted by atomic mass is 9.96. The highest BCUT2D eigenvalue weighted by molar-refractivity contribution is 6.01. The van der Waals surface area contributed by atoms with Gasteiger partial charge in [0.2, 0.25) is 5.91 Å². The summed E-state index contributed by atoms with van der Waals surface area (Å²) in [5, 5.41) is 17.1. The van der Waals surface area contributed by atoms with E-state index < -0.39 is 24.2 Å². The summed E-state index contributed by atoms with van der Waals surface area (Å²) in [7, 11) is 0. The molecule has 0 radical (unpaired) electrons. The van der Waals surface area contributed by atoms with E-state index >= 15 is 0 Å². The van der Waals surface area contributed by atoms with E-state index in [1.54, 1.807) is 72.8 Å². The normalized spacial score (nSPS) is 12.7. The van der Waals surface area contributed by atoms with Crippen LogP contribution in [0.2, 0.25) is 0 Å². The lowest BCUT2D eigenvalue weighted by Gasteiger charge is -2.26. The molecule has 0 aliphatic heterocycles. The van der Waals surface area contributed by atoms with Crippen LogP contribution in [0.4, 0.5) is 21.9 Å². The summed E-state index contributed by atoms with van der Waals surface area (Å²) in [6.45, 7) is 2.10. The molecule has 4 aromatic rings. The number of hydrogen-bond donors (Lipinski definition) is 4. The van der Waals surface area contributed by atoms with E-state index in [2.05, 4.69) is 10.6 Å². The number of fused-ring (bicyclic) bond motifs is 1. The van der Waals surface area contributed by atoms with E-state index in [0.717, 1.165) is 0 Å². The highest BCUT2D eigenvalue weighted by Crippen LogP contribution is 2.35. The standard InChI is InChI=1S/C30H29N3O5/c1-2-37-27(18-19-28(35)33-25-15-9-8-14-24(25)31)29(38-30(36)32-20-10-4-3-5-11-20)23-16-17-26(34)22-13-7-6-12-21(22)23/h3-19,27,29,34H,2,31H2,1H3,(H,32,36)(H,33,35)/b19-18+/t27-,29-/m1/s1. The molecular formula is C30H29N3O5. The third-order valence-corrected chi connectivity index (χ3v) is 5.81. The Hall–Kier alpha value is -4.82. The minimum atomic E-state index is -0.949. The van der Waals surface area contributed by atoms with Gasteiger partial charge in [0.15, 0.2) is 6.10 Å². The molecule has 4 aromatic carbocycles. The van der Waals surface area contributed by atoms with E-state index in [1.165, 1.54) is 6.08 Å². The van der Waals surface area contributed by atoms with Gasteiger partial charge in [0.1, 0.15) is 11.9 Å². The molecule has 0 aliphatic rings. The fraction of sp³-hybridized carbons (Fsp3) is 0.133. The van der Waals surface area contributed by atoms with Gasteiger partial charge in [-0.2, -0.15) is 0 Å². The fourth-order valence-corrected chi connectivity index (χ4v) is 4.05. The highest BCUT2D eigenvalue weighted by Gasteiger charge is 2.28. The van der Waals surface area contributed by atoms with Crippen molar-refractivity contribution in [2.24, 2.45) is 0 Å². The number of hydrogen-bond acceptors (Lipinski definition) is 6. The zero-order valence-electron chi connectivity index (χ0n) is 20.8. The largest absolute Gasteiger partial charge is 0.507 e. The number of phenols is 1. The maximum absolute atomic E-state index is 13.0. The first-order valence-electron chi connectivity index (χ1n) is 12.1. The number of phenolic OH excluding ortho intramolecular Hbond substituents is 1. The zero-order chi connectivity index (χ0) is 26.9. The Morgan fingerprint density at radius 1 is 0.895 bits per heavy atom. The first-order chi connectivity index (χ1) is 18.5. The number of aromatic hydroxyl groups is 1. The quantitative estimate of drug-likeness (QED) is 0.161. The summed E-state index contributed by atoms with van der Waals surface area (Å²) in [5.74, 6) is -0.323. The second-order valence-corrected chi connectivity index (χ2v) is 8.39. The van der Waals surface area contributed by atoms with Crippen LogP contribution in [0.1, 0.15) is 18.6 Å². The topological polar surface area (TPSA) is 123 Å². The molecule has 0 saturated heterocycles. The number of ether oxygens (including phenoxy) is 2. The van der Waals surface area contributed by atoms with Crippen molar-refractivity contribution in [3.05, 3.63) is 109 Å². The predicted molar refractivity (Wildman–Crippen MR) is 149 cm³/mol. The summed E-state index contributed by atoms with van der Waals surface area (Å²) in [6.07, 6.45) is 0.391. The van der Waals surface area contributed by atoms with Crippen molar-refractivity contribution in [3.63, 3.8) is 0 Å². The summed E-state index contributed by atoms with van der Waals surface area (Å²) in [5.41, 5.74) is 8.02. The Morgan fingerprint density at radius 3 is 2.32 bits per heavy atom. The number of anilines is 3. The van der Waals surface area contributed by atoms with Gasteiger partial charge in [-0.3, -0.25) is 10.1 Å². The maximum atomic E-state index is 13.0. The lowest BCUT2D eigenvalue weighted by Crippen LogP contribution is -2.28. The second kappa shape index (κ2) is 12.4. The Morgan fingerprint density at radius 2 is 1.58 bits per heavy atom. The fourth-order valence-electron chi connectivity index (χ4n) is 4.05. The molecule has 0 heterocycles. The molecule has 38 heavy (non-hydrogen) atoms. The number of para-hydroxylation sites is 3. The van der Waals surface area contributed by atoms with Crippen molar-refractivity contribution in [1.29, 1.82) is 0 Å². The molecule has 0 aromatic heterocycles. The van der Waals surface area contributed by atoms with Crippen molar-refractivity contribution < 1.29 is 24.2 Å². The van der Waals surface area contributed by atoms with Gasteiger partial charge in [-0.1, -0.05) is 60.7 Å². The van der Waals surface area contributed by atoms with E-state index in [0.29, 0.717) is 40.0 Å². The minimum Gasteiger partial charge on any atom is -0.507 e. The molecular weight excluding hydrogens is 482 g/mol. The Labute approximate surface area is 220 Å². The van der Waals surface area contributed by atoms with Gasteiger partial charge in [0, 0.05) is 29.3 Å². The van der Waals surface area contributed by atoms with Crippen LogP contribution in [0.25, 0.3) is 10.8 Å². The van der Waals surface area contributed by atoms with Gasteiger partial charge >= 0.3 is 6.09 Å². The number of carbonyl (C=O) groups excluding carboxylic acids is 2. The van der Waals surface area contributed by atoms with Crippen LogP contribution < -0.4 is 16.4 Å². The van der Waals surface area contributed by atoms with Gasteiger partial charge in [0.25, 0.3) is 0 Å². The molecule has 5 N–H and O–H groups in total. The number of nitrogens with one attached hydrogen (secondary N) is 2. The molecule has 4 rings (SSSR count). The Kier molecular flexibility index (Phi) is 8.58. The molecule has 2 atom stereocenters. The van der Waals surface area contributed by atoms with Gasteiger partial charge < -0.3 is 25.6 Å². The van der Waals surface area contributed by atoms with Crippen LogP contribution >= 0.6 is 0 Å². The average Bonchev–Trinajstić information content (AvgIpc) is 2.92. The van der Waals surface area contributed by atoms with Crippen LogP contribution in [0.15, 0.2) is 103 Å². The van der Waals surface area contributed by atoms with Gasteiger partial charge in [-0.05, 0) is 48.7 Å². The first kappa shape index (κ1) is 26.2. The molecule has 0 bridgehead atoms. The predicted octanol–water partition coefficient (Wildman–Crippen LogP) is 6.02. The molecule has 8 heteroatoms. The van der Waals surface area contributed by atoms with Gasteiger partial charge in [-0.15, -0.1) is 0 Å². The van der Waals surface area contributed by atoms with Crippen LogP contribution in [-0.4, -0.2) is 29.8 Å². The third-order valence-electron chi connectivity index (χ3n) is 5.81. The number of nitrogens with two attached hydrogens (primary N) is 1. The number of benzene rings is 4. The molecule has 194 valence electrons.